The molecule has 1 saturated carbocycles. The monoisotopic (exact) mass is 393 g/mol. The lowest BCUT2D eigenvalue weighted by Crippen LogP contribution is -2.47. The van der Waals surface area contributed by atoms with Crippen LogP contribution in [0.2, 0.25) is 0 Å². The van der Waals surface area contributed by atoms with Crippen molar-refractivity contribution in [3.05, 3.63) is 35.4 Å². The Morgan fingerprint density at radius 1 is 1.26 bits per heavy atom. The maximum absolute atomic E-state index is 13.0. The minimum Gasteiger partial charge on any atom is -0.351 e. The van der Waals surface area contributed by atoms with Crippen LogP contribution >= 0.6 is 0 Å². The van der Waals surface area contributed by atoms with Gasteiger partial charge in [0, 0.05) is 19.1 Å². The molecular formula is C20H31N3O3S. The molecule has 2 atom stereocenters. The van der Waals surface area contributed by atoms with Crippen LogP contribution in [0.1, 0.15) is 50.7 Å². The molecule has 1 amide bonds. The molecule has 0 aromatic heterocycles. The standard InChI is InChI=1S/C20H31N3O3S/c1-15(2)23-27(25,26)13-17-8-4-3-7-16(17)11-22-19(24)20-10-6-5-9-18(20)12-21-14-20/h3-4,7-8,15,18,21,23H,5-6,9-14H2,1-2H3,(H,22,24)/t18-,20+/m0/s1. The molecule has 150 valence electrons. The fraction of sp³-hybridized carbons (Fsp3) is 0.650. The van der Waals surface area contributed by atoms with Crippen molar-refractivity contribution in [1.82, 2.24) is 15.4 Å². The summed E-state index contributed by atoms with van der Waals surface area (Å²) >= 11 is 0. The molecule has 6 nitrogen and oxygen atoms in total. The molecule has 1 aliphatic heterocycles. The maximum atomic E-state index is 13.0. The highest BCUT2D eigenvalue weighted by Gasteiger charge is 2.49. The van der Waals surface area contributed by atoms with E-state index in [9.17, 15) is 13.2 Å². The first-order valence-corrected chi connectivity index (χ1v) is 11.5. The van der Waals surface area contributed by atoms with E-state index in [0.717, 1.165) is 43.5 Å². The molecule has 3 N–H and O–H groups in total. The zero-order chi connectivity index (χ0) is 19.5. The lowest BCUT2D eigenvalue weighted by Gasteiger charge is -2.37. The van der Waals surface area contributed by atoms with E-state index in [-0.39, 0.29) is 23.1 Å². The number of benzene rings is 1. The van der Waals surface area contributed by atoms with E-state index in [1.165, 1.54) is 6.42 Å². The fourth-order valence-electron chi connectivity index (χ4n) is 4.52. The highest BCUT2D eigenvalue weighted by molar-refractivity contribution is 7.88. The van der Waals surface area contributed by atoms with Gasteiger partial charge in [-0.05, 0) is 50.3 Å². The Balaban J connectivity index is 1.69. The molecule has 2 aliphatic rings. The summed E-state index contributed by atoms with van der Waals surface area (Å²) in [5.74, 6) is 0.444. The van der Waals surface area contributed by atoms with Gasteiger partial charge in [-0.3, -0.25) is 4.79 Å². The van der Waals surface area contributed by atoms with Crippen molar-refractivity contribution in [2.45, 2.75) is 57.9 Å². The zero-order valence-corrected chi connectivity index (χ0v) is 17.1. The molecule has 0 radical (unpaired) electrons. The average Bonchev–Trinajstić information content (AvgIpc) is 3.04. The van der Waals surface area contributed by atoms with Crippen LogP contribution in [0.5, 0.6) is 0 Å². The van der Waals surface area contributed by atoms with Gasteiger partial charge < -0.3 is 10.6 Å². The quantitative estimate of drug-likeness (QED) is 0.660. The van der Waals surface area contributed by atoms with Gasteiger partial charge in [-0.2, -0.15) is 0 Å². The Labute approximate surface area is 162 Å². The van der Waals surface area contributed by atoms with Gasteiger partial charge in [0.25, 0.3) is 0 Å². The van der Waals surface area contributed by atoms with Gasteiger partial charge in [-0.1, -0.05) is 37.1 Å². The topological polar surface area (TPSA) is 87.3 Å². The van der Waals surface area contributed by atoms with Crippen molar-refractivity contribution >= 4 is 15.9 Å². The number of nitrogens with one attached hydrogen (secondary N) is 3. The lowest BCUT2D eigenvalue weighted by molar-refractivity contribution is -0.134. The largest absolute Gasteiger partial charge is 0.351 e. The first kappa shape index (κ1) is 20.3. The van der Waals surface area contributed by atoms with Crippen molar-refractivity contribution in [3.8, 4) is 0 Å². The molecule has 2 fully saturated rings. The highest BCUT2D eigenvalue weighted by atomic mass is 32.2. The first-order chi connectivity index (χ1) is 12.8. The van der Waals surface area contributed by atoms with E-state index in [1.54, 1.807) is 13.8 Å². The van der Waals surface area contributed by atoms with E-state index in [1.807, 2.05) is 24.3 Å². The van der Waals surface area contributed by atoms with Crippen LogP contribution in [0.25, 0.3) is 0 Å². The third kappa shape index (κ3) is 4.70. The van der Waals surface area contributed by atoms with E-state index in [4.69, 9.17) is 0 Å². The van der Waals surface area contributed by atoms with Crippen LogP contribution in [0.4, 0.5) is 0 Å². The number of carbonyl (C=O) groups excluding carboxylic acids is 1. The SMILES string of the molecule is CC(C)NS(=O)(=O)Cc1ccccc1CNC(=O)[C@@]12CCCC[C@H]1CNC2. The van der Waals surface area contributed by atoms with Crippen LogP contribution in [0, 0.1) is 11.3 Å². The first-order valence-electron chi connectivity index (χ1n) is 9.88. The molecule has 1 aliphatic carbocycles. The number of hydrogen-bond acceptors (Lipinski definition) is 4. The van der Waals surface area contributed by atoms with E-state index in [0.29, 0.717) is 12.5 Å². The molecule has 1 saturated heterocycles. The fourth-order valence-corrected chi connectivity index (χ4v) is 6.01. The van der Waals surface area contributed by atoms with Crippen LogP contribution in [0.3, 0.4) is 0 Å². The van der Waals surface area contributed by atoms with E-state index < -0.39 is 10.0 Å². The summed E-state index contributed by atoms with van der Waals surface area (Å²) in [7, 11) is -3.40. The molecule has 7 heteroatoms. The van der Waals surface area contributed by atoms with Crippen LogP contribution in [-0.4, -0.2) is 33.5 Å². The summed E-state index contributed by atoms with van der Waals surface area (Å²) in [5.41, 5.74) is 1.29. The van der Waals surface area contributed by atoms with Gasteiger partial charge in [0.2, 0.25) is 15.9 Å². The molecule has 1 aromatic carbocycles. The normalized spacial score (nSPS) is 25.4. The third-order valence-corrected chi connectivity index (χ3v) is 7.33. The number of amides is 1. The molecule has 1 aromatic rings. The smallest absolute Gasteiger partial charge is 0.228 e. The number of carbonyl (C=O) groups is 1. The van der Waals surface area contributed by atoms with Crippen molar-refractivity contribution in [3.63, 3.8) is 0 Å². The summed E-state index contributed by atoms with van der Waals surface area (Å²) in [6.07, 6.45) is 4.34. The maximum Gasteiger partial charge on any atom is 0.228 e. The van der Waals surface area contributed by atoms with E-state index >= 15 is 0 Å². The van der Waals surface area contributed by atoms with Gasteiger partial charge in [0.1, 0.15) is 0 Å². The molecule has 0 spiro atoms. The molecule has 1 heterocycles. The number of sulfonamides is 1. The molecule has 27 heavy (non-hydrogen) atoms. The van der Waals surface area contributed by atoms with Crippen LogP contribution < -0.4 is 15.4 Å². The molecular weight excluding hydrogens is 362 g/mol. The van der Waals surface area contributed by atoms with E-state index in [2.05, 4.69) is 15.4 Å². The summed E-state index contributed by atoms with van der Waals surface area (Å²) in [6.45, 7) is 5.64. The average molecular weight is 394 g/mol. The van der Waals surface area contributed by atoms with Crippen molar-refractivity contribution in [2.75, 3.05) is 13.1 Å². The summed E-state index contributed by atoms with van der Waals surface area (Å²) < 4.78 is 27.2. The second kappa shape index (κ2) is 8.29. The van der Waals surface area contributed by atoms with Crippen molar-refractivity contribution in [1.29, 1.82) is 0 Å². The minimum absolute atomic E-state index is 0.0768. The number of rotatable bonds is 7. The third-order valence-electron chi connectivity index (χ3n) is 5.81. The van der Waals surface area contributed by atoms with Gasteiger partial charge in [0.05, 0.1) is 11.2 Å². The lowest BCUT2D eigenvalue weighted by atomic mass is 9.67. The Morgan fingerprint density at radius 2 is 2.00 bits per heavy atom. The second-order valence-corrected chi connectivity index (χ2v) is 9.97. The van der Waals surface area contributed by atoms with Crippen molar-refractivity contribution in [2.24, 2.45) is 11.3 Å². The number of hydrogen-bond donors (Lipinski definition) is 3. The Hall–Kier alpha value is -1.44. The number of fused-ring (bicyclic) bond motifs is 1. The molecule has 0 bridgehead atoms. The van der Waals surface area contributed by atoms with Gasteiger partial charge in [0.15, 0.2) is 0 Å². The molecule has 0 unspecified atom stereocenters. The predicted molar refractivity (Wildman–Crippen MR) is 106 cm³/mol. The van der Waals surface area contributed by atoms with Gasteiger partial charge >= 0.3 is 0 Å². The van der Waals surface area contributed by atoms with Crippen LogP contribution in [0.15, 0.2) is 24.3 Å². The Morgan fingerprint density at radius 3 is 2.74 bits per heavy atom. The van der Waals surface area contributed by atoms with Gasteiger partial charge in [-0.25, -0.2) is 13.1 Å². The van der Waals surface area contributed by atoms with Crippen molar-refractivity contribution < 1.29 is 13.2 Å². The zero-order valence-electron chi connectivity index (χ0n) is 16.3. The predicted octanol–water partition coefficient (Wildman–Crippen LogP) is 1.91. The summed E-state index contributed by atoms with van der Waals surface area (Å²) in [4.78, 5) is 13.0. The summed E-state index contributed by atoms with van der Waals surface area (Å²) in [6, 6.07) is 7.29. The van der Waals surface area contributed by atoms with Gasteiger partial charge in [-0.15, -0.1) is 0 Å². The van der Waals surface area contributed by atoms with Crippen LogP contribution in [-0.2, 0) is 27.1 Å². The highest BCUT2D eigenvalue weighted by Crippen LogP contribution is 2.43. The minimum atomic E-state index is -3.40. The summed E-state index contributed by atoms with van der Waals surface area (Å²) in [5, 5.41) is 6.50. The Bertz CT molecular complexity index is 778. The Kier molecular flexibility index (Phi) is 6.23. The molecule has 3 rings (SSSR count). The second-order valence-electron chi connectivity index (χ2n) is 8.21.